The number of nitrogens with one attached hydrogen (secondary N) is 3. The van der Waals surface area contributed by atoms with E-state index in [2.05, 4.69) is 10.3 Å². The zero-order valence-corrected chi connectivity index (χ0v) is 11.2. The van der Waals surface area contributed by atoms with E-state index in [0.29, 0.717) is 0 Å². The number of carbonyl (C=O) groups excluding carboxylic acids is 1. The standard InChI is InChI=1S/C12H15N3O5/c1-4-7(9(17)15-11(20)13-4)14-8(16)5-6(10(18)19)12(5,2)3/h5-6H,1-3H3,(H,14,16)(H,18,19)(H2,13,15,17,20)/t5-,6+/m0/s1. The lowest BCUT2D eigenvalue weighted by Crippen LogP contribution is -2.30. The molecule has 0 bridgehead atoms. The third-order valence-corrected chi connectivity index (χ3v) is 3.75. The van der Waals surface area contributed by atoms with Gasteiger partial charge in [-0.1, -0.05) is 13.8 Å². The van der Waals surface area contributed by atoms with Crippen molar-refractivity contribution in [2.75, 3.05) is 5.32 Å². The van der Waals surface area contributed by atoms with E-state index in [4.69, 9.17) is 5.11 Å². The molecular formula is C12H15N3O5. The Hall–Kier alpha value is -2.38. The van der Waals surface area contributed by atoms with E-state index in [9.17, 15) is 19.2 Å². The van der Waals surface area contributed by atoms with E-state index < -0.39 is 40.4 Å². The number of aromatic amines is 2. The van der Waals surface area contributed by atoms with Crippen LogP contribution in [0.25, 0.3) is 0 Å². The number of hydrogen-bond donors (Lipinski definition) is 4. The Balaban J connectivity index is 2.25. The highest BCUT2D eigenvalue weighted by atomic mass is 16.4. The minimum absolute atomic E-state index is 0.0681. The molecular weight excluding hydrogens is 266 g/mol. The molecule has 1 heterocycles. The topological polar surface area (TPSA) is 132 Å². The van der Waals surface area contributed by atoms with Gasteiger partial charge >= 0.3 is 11.7 Å². The van der Waals surface area contributed by atoms with E-state index >= 15 is 0 Å². The van der Waals surface area contributed by atoms with Gasteiger partial charge in [0.15, 0.2) is 0 Å². The molecule has 0 saturated heterocycles. The second kappa shape index (κ2) is 4.32. The van der Waals surface area contributed by atoms with Crippen molar-refractivity contribution in [3.63, 3.8) is 0 Å². The van der Waals surface area contributed by atoms with Crippen molar-refractivity contribution in [2.45, 2.75) is 20.8 Å². The number of hydrogen-bond acceptors (Lipinski definition) is 4. The van der Waals surface area contributed by atoms with Gasteiger partial charge in [-0.15, -0.1) is 0 Å². The molecule has 108 valence electrons. The van der Waals surface area contributed by atoms with Crippen LogP contribution in [0.3, 0.4) is 0 Å². The third kappa shape index (κ3) is 2.13. The van der Waals surface area contributed by atoms with Crippen molar-refractivity contribution in [3.8, 4) is 0 Å². The summed E-state index contributed by atoms with van der Waals surface area (Å²) >= 11 is 0. The van der Waals surface area contributed by atoms with Crippen LogP contribution in [-0.2, 0) is 9.59 Å². The summed E-state index contributed by atoms with van der Waals surface area (Å²) in [5, 5.41) is 11.4. The summed E-state index contributed by atoms with van der Waals surface area (Å²) in [7, 11) is 0. The van der Waals surface area contributed by atoms with E-state index in [1.165, 1.54) is 6.92 Å². The molecule has 2 rings (SSSR count). The second-order valence-corrected chi connectivity index (χ2v) is 5.51. The Morgan fingerprint density at radius 3 is 2.25 bits per heavy atom. The van der Waals surface area contributed by atoms with Gasteiger partial charge in [0.2, 0.25) is 5.91 Å². The van der Waals surface area contributed by atoms with Crippen LogP contribution in [0.1, 0.15) is 19.5 Å². The number of aliphatic carboxylic acids is 1. The summed E-state index contributed by atoms with van der Waals surface area (Å²) in [4.78, 5) is 50.1. The highest BCUT2D eigenvalue weighted by Gasteiger charge is 2.65. The fourth-order valence-corrected chi connectivity index (χ4v) is 2.54. The van der Waals surface area contributed by atoms with Crippen LogP contribution in [0.4, 0.5) is 5.69 Å². The van der Waals surface area contributed by atoms with Gasteiger partial charge < -0.3 is 15.4 Å². The first-order valence-electron chi connectivity index (χ1n) is 6.03. The maximum atomic E-state index is 12.1. The van der Waals surface area contributed by atoms with Gasteiger partial charge in [-0.3, -0.25) is 19.4 Å². The minimum atomic E-state index is -1.04. The molecule has 1 fully saturated rings. The summed E-state index contributed by atoms with van der Waals surface area (Å²) in [5.41, 5.74) is -1.89. The van der Waals surface area contributed by atoms with Crippen LogP contribution >= 0.6 is 0 Å². The quantitative estimate of drug-likeness (QED) is 0.602. The summed E-state index contributed by atoms with van der Waals surface area (Å²) < 4.78 is 0. The molecule has 0 spiro atoms. The van der Waals surface area contributed by atoms with Gasteiger partial charge in [-0.25, -0.2) is 4.79 Å². The molecule has 1 saturated carbocycles. The zero-order valence-electron chi connectivity index (χ0n) is 11.2. The van der Waals surface area contributed by atoms with Crippen molar-refractivity contribution in [1.82, 2.24) is 9.97 Å². The summed E-state index contributed by atoms with van der Waals surface area (Å²) in [6.45, 7) is 4.83. The molecule has 8 nitrogen and oxygen atoms in total. The molecule has 1 aliphatic rings. The fraction of sp³-hybridized carbons (Fsp3) is 0.500. The number of carbonyl (C=O) groups is 2. The first-order valence-corrected chi connectivity index (χ1v) is 6.03. The third-order valence-electron chi connectivity index (χ3n) is 3.75. The van der Waals surface area contributed by atoms with Gasteiger partial charge in [0, 0.05) is 5.69 Å². The van der Waals surface area contributed by atoms with Crippen molar-refractivity contribution >= 4 is 17.6 Å². The number of H-pyrrole nitrogens is 2. The van der Waals surface area contributed by atoms with Crippen molar-refractivity contribution in [2.24, 2.45) is 17.3 Å². The number of aryl methyl sites for hydroxylation is 1. The molecule has 0 unspecified atom stereocenters. The van der Waals surface area contributed by atoms with E-state index in [1.807, 2.05) is 4.98 Å². The molecule has 4 N–H and O–H groups in total. The largest absolute Gasteiger partial charge is 0.481 e. The van der Waals surface area contributed by atoms with E-state index in [1.54, 1.807) is 13.8 Å². The number of amides is 1. The van der Waals surface area contributed by atoms with E-state index in [0.717, 1.165) is 0 Å². The Morgan fingerprint density at radius 2 is 1.80 bits per heavy atom. The normalized spacial score (nSPS) is 23.1. The summed E-state index contributed by atoms with van der Waals surface area (Å²) in [6.07, 6.45) is 0. The maximum absolute atomic E-state index is 12.1. The minimum Gasteiger partial charge on any atom is -0.481 e. The van der Waals surface area contributed by atoms with Crippen LogP contribution < -0.4 is 16.6 Å². The molecule has 1 aromatic rings. The molecule has 1 aliphatic carbocycles. The summed E-state index contributed by atoms with van der Waals surface area (Å²) in [5.74, 6) is -3.05. The highest BCUT2D eigenvalue weighted by molar-refractivity contribution is 5.99. The molecule has 0 radical (unpaired) electrons. The summed E-state index contributed by atoms with van der Waals surface area (Å²) in [6, 6.07) is 0. The van der Waals surface area contributed by atoms with Gasteiger partial charge in [0.05, 0.1) is 11.8 Å². The van der Waals surface area contributed by atoms with Gasteiger partial charge in [-0.2, -0.15) is 0 Å². The van der Waals surface area contributed by atoms with Crippen LogP contribution in [0.5, 0.6) is 0 Å². The lowest BCUT2D eigenvalue weighted by Gasteiger charge is -2.07. The van der Waals surface area contributed by atoms with Crippen LogP contribution in [0.2, 0.25) is 0 Å². The van der Waals surface area contributed by atoms with E-state index in [-0.39, 0.29) is 11.4 Å². The smallest absolute Gasteiger partial charge is 0.326 e. The van der Waals surface area contributed by atoms with Crippen molar-refractivity contribution in [3.05, 3.63) is 26.5 Å². The molecule has 0 aliphatic heterocycles. The number of carboxylic acid groups (broad SMARTS) is 1. The zero-order chi connectivity index (χ0) is 15.2. The highest BCUT2D eigenvalue weighted by Crippen LogP contribution is 2.58. The average Bonchev–Trinajstić information content (AvgIpc) is 2.86. The molecule has 20 heavy (non-hydrogen) atoms. The second-order valence-electron chi connectivity index (χ2n) is 5.51. The molecule has 1 amide bonds. The molecule has 0 aromatic carbocycles. The van der Waals surface area contributed by atoms with Gasteiger partial charge in [0.25, 0.3) is 5.56 Å². The fourth-order valence-electron chi connectivity index (χ4n) is 2.54. The number of anilines is 1. The van der Waals surface area contributed by atoms with Crippen LogP contribution in [0, 0.1) is 24.2 Å². The molecule has 2 atom stereocenters. The van der Waals surface area contributed by atoms with Crippen molar-refractivity contribution < 1.29 is 14.7 Å². The van der Waals surface area contributed by atoms with Gasteiger partial charge in [-0.05, 0) is 12.3 Å². The Bertz CT molecular complexity index is 700. The maximum Gasteiger partial charge on any atom is 0.326 e. The number of aromatic nitrogens is 2. The average molecular weight is 281 g/mol. The Labute approximate surface area is 113 Å². The lowest BCUT2D eigenvalue weighted by atomic mass is 10.1. The molecule has 8 heteroatoms. The predicted molar refractivity (Wildman–Crippen MR) is 69.4 cm³/mol. The number of rotatable bonds is 3. The SMILES string of the molecule is Cc1[nH]c(=O)[nH]c(=O)c1NC(=O)[C@@H]1[C@H](C(=O)O)C1(C)C. The van der Waals surface area contributed by atoms with Crippen LogP contribution in [-0.4, -0.2) is 27.0 Å². The van der Waals surface area contributed by atoms with Crippen LogP contribution in [0.15, 0.2) is 9.59 Å². The van der Waals surface area contributed by atoms with Gasteiger partial charge in [0.1, 0.15) is 5.69 Å². The molecule has 1 aromatic heterocycles. The Morgan fingerprint density at radius 1 is 1.20 bits per heavy atom. The van der Waals surface area contributed by atoms with Crippen molar-refractivity contribution in [1.29, 1.82) is 0 Å². The lowest BCUT2D eigenvalue weighted by molar-refractivity contribution is -0.140. The number of carboxylic acids is 1. The predicted octanol–water partition coefficient (Wildman–Crippen LogP) is -0.333. The first kappa shape index (κ1) is 14.0. The Kier molecular flexibility index (Phi) is 3.04. The first-order chi connectivity index (χ1) is 9.16. The monoisotopic (exact) mass is 281 g/mol.